The van der Waals surface area contributed by atoms with Crippen LogP contribution < -0.4 is 0 Å². The summed E-state index contributed by atoms with van der Waals surface area (Å²) in [5.41, 5.74) is 12.9. The van der Waals surface area contributed by atoms with Gasteiger partial charge in [0, 0.05) is 46.7 Å². The molecule has 0 aliphatic carbocycles. The molecule has 0 radical (unpaired) electrons. The smallest absolute Gasteiger partial charge is 0.301 e. The zero-order valence-electron chi connectivity index (χ0n) is 31.8. The molecule has 0 saturated carbocycles. The summed E-state index contributed by atoms with van der Waals surface area (Å²) in [5, 5.41) is 0. The summed E-state index contributed by atoms with van der Waals surface area (Å²) in [6, 6.07) is 67.7. The van der Waals surface area contributed by atoms with E-state index in [0.717, 1.165) is 67.3 Å². The first-order valence-corrected chi connectivity index (χ1v) is 18.9. The first kappa shape index (κ1) is 38.5. The topological polar surface area (TPSA) is 38.7 Å². The Bertz CT molecular complexity index is 2470. The van der Waals surface area contributed by atoms with Crippen molar-refractivity contribution in [1.82, 2.24) is 15.0 Å². The molecule has 3 aromatic heterocycles. The maximum absolute atomic E-state index is 5.47. The van der Waals surface area contributed by atoms with Gasteiger partial charge in [0.15, 0.2) is 0 Å². The maximum atomic E-state index is 5.47. The normalized spacial score (nSPS) is 13.2. The molecule has 0 fully saturated rings. The summed E-state index contributed by atoms with van der Waals surface area (Å²) in [4.78, 5) is 15.2. The third kappa shape index (κ3) is 7.95. The van der Waals surface area contributed by atoms with E-state index in [1.165, 1.54) is 5.56 Å². The number of nitrogens with zero attached hydrogens (tertiary/aromatic N) is 3. The molecule has 0 spiro atoms. The molecule has 2 unspecified atom stereocenters. The predicted octanol–water partition coefficient (Wildman–Crippen LogP) is 11.7. The number of pyridine rings is 3. The molecule has 3 nitrogen and oxygen atoms in total. The Labute approximate surface area is 345 Å². The molecule has 3 heterocycles. The Kier molecular flexibility index (Phi) is 11.6. The summed E-state index contributed by atoms with van der Waals surface area (Å²) in [5.74, 6) is 0. The molecule has 0 saturated heterocycles. The molecule has 0 aliphatic heterocycles. The molecular weight excluding hydrogens is 859 g/mol. The molecule has 4 heteroatoms. The standard InChI is InChI=1S/C52H42N3.Ir/c1-38-46(41-22-9-5-10-23-41)35-47(55-48(38)37-52(3,44-26-11-6-12-27-44)50-30-14-16-32-54-50)43-25-17-19-39(33-43)36-51(2,49-29-13-15-31-53-49)45-28-18-24-42(34-45)40-20-7-4-8-21-40;/h4-26,29-32,34-35H,36-37H2,1-3H3;/q-3;+3. The Balaban J connectivity index is 0.00000480. The van der Waals surface area contributed by atoms with Crippen LogP contribution in [0.15, 0.2) is 176 Å². The van der Waals surface area contributed by atoms with Crippen molar-refractivity contribution in [1.29, 1.82) is 0 Å². The first-order chi connectivity index (χ1) is 26.9. The molecular formula is C52H42IrN3. The van der Waals surface area contributed by atoms with Gasteiger partial charge in [-0.05, 0) is 65.6 Å². The van der Waals surface area contributed by atoms with E-state index in [2.05, 4.69) is 172 Å². The van der Waals surface area contributed by atoms with E-state index in [0.29, 0.717) is 12.8 Å². The van der Waals surface area contributed by atoms with Gasteiger partial charge in [-0.15, -0.1) is 52.1 Å². The zero-order chi connectivity index (χ0) is 37.7. The third-order valence-corrected chi connectivity index (χ3v) is 10.9. The fourth-order valence-electron chi connectivity index (χ4n) is 7.73. The van der Waals surface area contributed by atoms with Crippen LogP contribution in [0.25, 0.3) is 33.5 Å². The number of aromatic nitrogens is 3. The van der Waals surface area contributed by atoms with Gasteiger partial charge in [-0.2, -0.15) is 54.6 Å². The average Bonchev–Trinajstić information content (AvgIpc) is 3.26. The van der Waals surface area contributed by atoms with Crippen molar-refractivity contribution >= 4 is 0 Å². The van der Waals surface area contributed by atoms with Gasteiger partial charge in [-0.3, -0.25) is 9.97 Å². The minimum Gasteiger partial charge on any atom is -0.301 e. The fraction of sp³-hybridized carbons (Fsp3) is 0.135. The average molecular weight is 901 g/mol. The summed E-state index contributed by atoms with van der Waals surface area (Å²) < 4.78 is 0. The predicted molar refractivity (Wildman–Crippen MR) is 223 cm³/mol. The van der Waals surface area contributed by atoms with Crippen molar-refractivity contribution in [2.45, 2.75) is 44.4 Å². The van der Waals surface area contributed by atoms with Gasteiger partial charge in [0.25, 0.3) is 0 Å². The van der Waals surface area contributed by atoms with E-state index in [-0.39, 0.29) is 20.1 Å². The van der Waals surface area contributed by atoms with E-state index in [1.807, 2.05) is 42.7 Å². The summed E-state index contributed by atoms with van der Waals surface area (Å²) in [7, 11) is 0. The number of hydrogen-bond acceptors (Lipinski definition) is 3. The molecule has 0 bridgehead atoms. The summed E-state index contributed by atoms with van der Waals surface area (Å²) >= 11 is 0. The largest absolute Gasteiger partial charge is 3.00 e. The van der Waals surface area contributed by atoms with Crippen LogP contribution in [-0.2, 0) is 43.8 Å². The van der Waals surface area contributed by atoms with Gasteiger partial charge in [0.1, 0.15) is 0 Å². The summed E-state index contributed by atoms with van der Waals surface area (Å²) in [6.45, 7) is 6.72. The van der Waals surface area contributed by atoms with E-state index >= 15 is 0 Å². The number of rotatable bonds is 11. The van der Waals surface area contributed by atoms with Crippen LogP contribution in [0.5, 0.6) is 0 Å². The second-order valence-electron chi connectivity index (χ2n) is 14.7. The maximum Gasteiger partial charge on any atom is 3.00 e. The van der Waals surface area contributed by atoms with E-state index < -0.39 is 10.8 Å². The van der Waals surface area contributed by atoms with Gasteiger partial charge in [-0.25, -0.2) is 0 Å². The van der Waals surface area contributed by atoms with Crippen LogP contribution in [0.2, 0.25) is 0 Å². The van der Waals surface area contributed by atoms with Crippen molar-refractivity contribution in [2.75, 3.05) is 0 Å². The quantitative estimate of drug-likeness (QED) is 0.121. The fourth-order valence-corrected chi connectivity index (χ4v) is 7.73. The molecule has 0 amide bonds. The van der Waals surface area contributed by atoms with Crippen LogP contribution >= 0.6 is 0 Å². The minimum absolute atomic E-state index is 0. The molecule has 0 aliphatic rings. The van der Waals surface area contributed by atoms with E-state index in [4.69, 9.17) is 15.0 Å². The molecule has 8 rings (SSSR count). The van der Waals surface area contributed by atoms with Crippen molar-refractivity contribution < 1.29 is 20.1 Å². The van der Waals surface area contributed by atoms with Crippen molar-refractivity contribution in [3.05, 3.63) is 234 Å². The van der Waals surface area contributed by atoms with Crippen LogP contribution in [-0.4, -0.2) is 15.0 Å². The van der Waals surface area contributed by atoms with Gasteiger partial charge in [-0.1, -0.05) is 92.7 Å². The van der Waals surface area contributed by atoms with Crippen LogP contribution in [0.1, 0.15) is 53.2 Å². The Morgan fingerprint density at radius 2 is 1.16 bits per heavy atom. The van der Waals surface area contributed by atoms with Gasteiger partial charge in [0.05, 0.1) is 0 Å². The van der Waals surface area contributed by atoms with Crippen molar-refractivity contribution in [2.24, 2.45) is 0 Å². The SMILES string of the molecule is Cc1c(-c2ccccc2)cc(-c2[c-]c(CC(C)(c3[c-]ccc(-c4ccccc4)c3)c3ccccn3)ccc2)nc1CC(C)(c1[c-]cccc1)c1ccccn1.[Ir+3]. The Morgan fingerprint density at radius 3 is 1.80 bits per heavy atom. The molecule has 5 aromatic carbocycles. The van der Waals surface area contributed by atoms with Crippen molar-refractivity contribution in [3.63, 3.8) is 0 Å². The van der Waals surface area contributed by atoms with Gasteiger partial charge >= 0.3 is 20.1 Å². The van der Waals surface area contributed by atoms with Crippen LogP contribution in [0, 0.1) is 25.1 Å². The molecule has 56 heavy (non-hydrogen) atoms. The van der Waals surface area contributed by atoms with E-state index in [9.17, 15) is 0 Å². The Morgan fingerprint density at radius 1 is 0.536 bits per heavy atom. The van der Waals surface area contributed by atoms with E-state index in [1.54, 1.807) is 0 Å². The van der Waals surface area contributed by atoms with Gasteiger partial charge < -0.3 is 4.98 Å². The third-order valence-electron chi connectivity index (χ3n) is 10.9. The van der Waals surface area contributed by atoms with Crippen molar-refractivity contribution in [3.8, 4) is 33.5 Å². The second-order valence-corrected chi connectivity index (χ2v) is 14.7. The Hall–Kier alpha value is -5.80. The molecule has 8 aromatic rings. The molecule has 0 N–H and O–H groups in total. The number of benzene rings is 5. The first-order valence-electron chi connectivity index (χ1n) is 18.9. The monoisotopic (exact) mass is 901 g/mol. The molecule has 2 atom stereocenters. The van der Waals surface area contributed by atoms with Gasteiger partial charge in [0.2, 0.25) is 0 Å². The second kappa shape index (κ2) is 16.9. The number of hydrogen-bond donors (Lipinski definition) is 0. The zero-order valence-corrected chi connectivity index (χ0v) is 34.2. The van der Waals surface area contributed by atoms with Crippen LogP contribution in [0.4, 0.5) is 0 Å². The van der Waals surface area contributed by atoms with Crippen LogP contribution in [0.3, 0.4) is 0 Å². The molecule has 274 valence electrons. The summed E-state index contributed by atoms with van der Waals surface area (Å²) in [6.07, 6.45) is 5.08. The minimum atomic E-state index is -0.473.